The van der Waals surface area contributed by atoms with Crippen LogP contribution in [0.5, 0.6) is 0 Å². The average Bonchev–Trinajstić information content (AvgIpc) is 2.73. The van der Waals surface area contributed by atoms with E-state index in [1.165, 1.54) is 0 Å². The predicted octanol–water partition coefficient (Wildman–Crippen LogP) is 2.71. The molecule has 0 atom stereocenters. The number of fused-ring (bicyclic) bond motifs is 5. The normalized spacial score (nSPS) is 11.6. The van der Waals surface area contributed by atoms with Gasteiger partial charge in [-0.05, 0) is 24.3 Å². The maximum absolute atomic E-state index is 12.3. The fraction of sp³-hybridized carbons (Fsp3) is 0. The Morgan fingerprint density at radius 2 is 1.50 bits per heavy atom. The molecule has 3 heteroatoms. The highest BCUT2D eigenvalue weighted by molar-refractivity contribution is 5.86. The second-order valence-corrected chi connectivity index (χ2v) is 4.35. The Labute approximate surface area is 102 Å². The second-order valence-electron chi connectivity index (χ2n) is 4.35. The van der Waals surface area contributed by atoms with Gasteiger partial charge in [-0.25, -0.2) is 9.03 Å². The molecule has 0 N–H and O–H groups in total. The lowest BCUT2D eigenvalue weighted by molar-refractivity contribution is 0.842. The summed E-state index contributed by atoms with van der Waals surface area (Å²) in [5.41, 5.74) is 2.01. The average molecular weight is 234 g/mol. The van der Waals surface area contributed by atoms with E-state index in [2.05, 4.69) is 6.07 Å². The molecule has 2 aromatic heterocycles. The van der Waals surface area contributed by atoms with Crippen molar-refractivity contribution in [3.63, 3.8) is 0 Å². The van der Waals surface area contributed by atoms with Crippen LogP contribution < -0.4 is 5.56 Å². The Balaban J connectivity index is 2.46. The lowest BCUT2D eigenvalue weighted by Crippen LogP contribution is -2.10. The summed E-state index contributed by atoms with van der Waals surface area (Å²) in [4.78, 5) is 12.3. The minimum Gasteiger partial charge on any atom is -0.267 e. The van der Waals surface area contributed by atoms with Crippen LogP contribution in [0, 0.1) is 0 Å². The molecule has 0 saturated carbocycles. The molecule has 2 aromatic carbocycles. The fourth-order valence-corrected chi connectivity index (χ4v) is 2.52. The van der Waals surface area contributed by atoms with E-state index in [9.17, 15) is 4.79 Å². The summed E-state index contributed by atoms with van der Waals surface area (Å²) in [6.45, 7) is 0. The summed E-state index contributed by atoms with van der Waals surface area (Å²) >= 11 is 0. The molecule has 18 heavy (non-hydrogen) atoms. The van der Waals surface area contributed by atoms with E-state index >= 15 is 0 Å². The van der Waals surface area contributed by atoms with Gasteiger partial charge in [-0.15, -0.1) is 0 Å². The van der Waals surface area contributed by atoms with Gasteiger partial charge in [0.25, 0.3) is 5.56 Å². The van der Waals surface area contributed by atoms with E-state index in [0.717, 1.165) is 21.8 Å². The molecule has 4 aromatic rings. The van der Waals surface area contributed by atoms with Crippen LogP contribution in [0.2, 0.25) is 0 Å². The van der Waals surface area contributed by atoms with Gasteiger partial charge in [0.15, 0.2) is 0 Å². The van der Waals surface area contributed by atoms with Crippen molar-refractivity contribution in [2.24, 2.45) is 0 Å². The van der Waals surface area contributed by atoms with Gasteiger partial charge in [0.05, 0.1) is 16.4 Å². The summed E-state index contributed by atoms with van der Waals surface area (Å²) < 4.78 is 3.62. The van der Waals surface area contributed by atoms with Crippen molar-refractivity contribution in [1.29, 1.82) is 0 Å². The standard InChI is InChI=1S/C15H10N2O/c18-15-12-6-2-4-8-14(12)17-13-7-3-1-5-11(13)9-10-16(15)17/h1-10H. The number of para-hydroxylation sites is 2. The highest BCUT2D eigenvalue weighted by Gasteiger charge is 2.08. The van der Waals surface area contributed by atoms with Gasteiger partial charge in [-0.1, -0.05) is 30.3 Å². The van der Waals surface area contributed by atoms with Crippen molar-refractivity contribution in [3.05, 3.63) is 71.1 Å². The van der Waals surface area contributed by atoms with E-state index in [0.29, 0.717) is 0 Å². The third kappa shape index (κ3) is 1.06. The molecular weight excluding hydrogens is 224 g/mol. The number of aromatic nitrogens is 2. The largest absolute Gasteiger partial charge is 0.279 e. The van der Waals surface area contributed by atoms with Crippen LogP contribution >= 0.6 is 0 Å². The van der Waals surface area contributed by atoms with Crippen molar-refractivity contribution in [2.75, 3.05) is 0 Å². The highest BCUT2D eigenvalue weighted by Crippen LogP contribution is 2.17. The molecule has 0 spiro atoms. The smallest absolute Gasteiger partial charge is 0.267 e. The summed E-state index contributed by atoms with van der Waals surface area (Å²) in [5.74, 6) is 0. The summed E-state index contributed by atoms with van der Waals surface area (Å²) in [6, 6.07) is 17.7. The zero-order valence-electron chi connectivity index (χ0n) is 9.58. The van der Waals surface area contributed by atoms with Gasteiger partial charge in [0.2, 0.25) is 0 Å². The van der Waals surface area contributed by atoms with Crippen molar-refractivity contribution in [3.8, 4) is 0 Å². The zero-order valence-corrected chi connectivity index (χ0v) is 9.58. The third-order valence-corrected chi connectivity index (χ3v) is 3.35. The lowest BCUT2D eigenvalue weighted by Gasteiger charge is -2.04. The van der Waals surface area contributed by atoms with Gasteiger partial charge in [0, 0.05) is 11.6 Å². The van der Waals surface area contributed by atoms with Gasteiger partial charge in [0.1, 0.15) is 0 Å². The highest BCUT2D eigenvalue weighted by atomic mass is 16.1. The van der Waals surface area contributed by atoms with Gasteiger partial charge in [-0.2, -0.15) is 0 Å². The number of benzene rings is 2. The van der Waals surface area contributed by atoms with E-state index < -0.39 is 0 Å². The SMILES string of the molecule is O=c1c2ccccc2n2c3ccccc3ccn12. The van der Waals surface area contributed by atoms with Crippen LogP contribution in [0.25, 0.3) is 21.8 Å². The molecule has 0 aliphatic carbocycles. The van der Waals surface area contributed by atoms with E-state index in [1.54, 1.807) is 4.52 Å². The van der Waals surface area contributed by atoms with Crippen LogP contribution in [0.15, 0.2) is 65.6 Å². The van der Waals surface area contributed by atoms with Crippen molar-refractivity contribution >= 4 is 21.8 Å². The molecule has 0 unspecified atom stereocenters. The lowest BCUT2D eigenvalue weighted by atomic mass is 10.2. The monoisotopic (exact) mass is 234 g/mol. The summed E-state index contributed by atoms with van der Waals surface area (Å²) in [6.07, 6.45) is 1.82. The molecule has 0 amide bonds. The quantitative estimate of drug-likeness (QED) is 0.459. The maximum atomic E-state index is 12.3. The number of nitrogens with zero attached hydrogens (tertiary/aromatic N) is 2. The molecule has 0 fully saturated rings. The second kappa shape index (κ2) is 3.23. The molecular formula is C15H10N2O. The van der Waals surface area contributed by atoms with Crippen LogP contribution in [0.4, 0.5) is 0 Å². The first-order valence-electron chi connectivity index (χ1n) is 5.86. The van der Waals surface area contributed by atoms with Crippen LogP contribution in [0.1, 0.15) is 0 Å². The minimum absolute atomic E-state index is 0.0244. The zero-order chi connectivity index (χ0) is 12.1. The molecule has 0 bridgehead atoms. The maximum Gasteiger partial charge on any atom is 0.279 e. The van der Waals surface area contributed by atoms with Gasteiger partial charge >= 0.3 is 0 Å². The first-order chi connectivity index (χ1) is 8.86. The molecule has 3 nitrogen and oxygen atoms in total. The summed E-state index contributed by atoms with van der Waals surface area (Å²) in [7, 11) is 0. The molecule has 0 aliphatic rings. The number of rotatable bonds is 0. The van der Waals surface area contributed by atoms with Crippen LogP contribution in [-0.2, 0) is 0 Å². The Morgan fingerprint density at radius 1 is 0.778 bits per heavy atom. The molecule has 0 saturated heterocycles. The van der Waals surface area contributed by atoms with Crippen LogP contribution in [-0.4, -0.2) is 9.03 Å². The van der Waals surface area contributed by atoms with Gasteiger partial charge in [-0.3, -0.25) is 4.79 Å². The van der Waals surface area contributed by atoms with Crippen molar-refractivity contribution < 1.29 is 0 Å². The van der Waals surface area contributed by atoms with Crippen molar-refractivity contribution in [1.82, 2.24) is 9.03 Å². The molecule has 2 heterocycles. The van der Waals surface area contributed by atoms with Gasteiger partial charge < -0.3 is 0 Å². The van der Waals surface area contributed by atoms with E-state index in [1.807, 2.05) is 59.2 Å². The van der Waals surface area contributed by atoms with E-state index in [4.69, 9.17) is 0 Å². The Hall–Kier alpha value is -2.55. The first-order valence-corrected chi connectivity index (χ1v) is 5.86. The van der Waals surface area contributed by atoms with Crippen LogP contribution in [0.3, 0.4) is 0 Å². The van der Waals surface area contributed by atoms with E-state index in [-0.39, 0.29) is 5.56 Å². The third-order valence-electron chi connectivity index (χ3n) is 3.35. The topological polar surface area (TPSA) is 25.9 Å². The fourth-order valence-electron chi connectivity index (χ4n) is 2.52. The number of hydrogen-bond acceptors (Lipinski definition) is 1. The Morgan fingerprint density at radius 3 is 2.39 bits per heavy atom. The predicted molar refractivity (Wildman–Crippen MR) is 72.1 cm³/mol. The first kappa shape index (κ1) is 9.48. The van der Waals surface area contributed by atoms with Crippen molar-refractivity contribution in [2.45, 2.75) is 0 Å². The Kier molecular flexibility index (Phi) is 1.70. The number of hydrogen-bond donors (Lipinski definition) is 0. The minimum atomic E-state index is 0.0244. The Bertz CT molecular complexity index is 947. The summed E-state index contributed by atoms with van der Waals surface area (Å²) in [5, 5.41) is 1.87. The molecule has 4 rings (SSSR count). The molecule has 86 valence electrons. The molecule has 0 aliphatic heterocycles. The molecule has 0 radical (unpaired) electrons.